The minimum absolute atomic E-state index is 0.0908. The molecule has 2 rings (SSSR count). The second-order valence-corrected chi connectivity index (χ2v) is 5.88. The third-order valence-electron chi connectivity index (χ3n) is 2.69. The molecule has 0 bridgehead atoms. The van der Waals surface area contributed by atoms with E-state index in [9.17, 15) is 4.79 Å². The first-order valence-electron chi connectivity index (χ1n) is 6.56. The van der Waals surface area contributed by atoms with Crippen LogP contribution in [0.5, 0.6) is 5.75 Å². The van der Waals surface area contributed by atoms with Gasteiger partial charge in [0.1, 0.15) is 15.1 Å². The molecule has 0 spiro atoms. The predicted octanol–water partition coefficient (Wildman–Crippen LogP) is 2.98. The van der Waals surface area contributed by atoms with Crippen molar-refractivity contribution in [2.45, 2.75) is 26.6 Å². The van der Waals surface area contributed by atoms with Gasteiger partial charge in [-0.25, -0.2) is 4.98 Å². The topological polar surface area (TPSA) is 64.2 Å². The molecule has 1 N–H and O–H groups in total. The quantitative estimate of drug-likeness (QED) is 0.784. The van der Waals surface area contributed by atoms with Crippen LogP contribution >= 0.6 is 22.6 Å². The summed E-state index contributed by atoms with van der Waals surface area (Å²) in [4.78, 5) is 19.2. The first kappa shape index (κ1) is 16.0. The summed E-state index contributed by atoms with van der Waals surface area (Å²) in [6.07, 6.45) is 0.0908. The Morgan fingerprint density at radius 2 is 2.14 bits per heavy atom. The molecule has 0 fully saturated rings. The number of H-pyrrole nitrogens is 1. The third-order valence-corrected chi connectivity index (χ3v) is 3.80. The van der Waals surface area contributed by atoms with Crippen molar-refractivity contribution in [2.75, 3.05) is 7.11 Å². The second-order valence-electron chi connectivity index (χ2n) is 4.80. The number of aromatic nitrogens is 2. The van der Waals surface area contributed by atoms with Crippen LogP contribution in [0.3, 0.4) is 0 Å². The van der Waals surface area contributed by atoms with Crippen molar-refractivity contribution in [1.82, 2.24) is 9.97 Å². The van der Waals surface area contributed by atoms with Crippen molar-refractivity contribution in [2.24, 2.45) is 0 Å². The Bertz CT molecular complexity index is 683. The fourth-order valence-electron chi connectivity index (χ4n) is 1.86. The number of hydrogen-bond donors (Lipinski definition) is 1. The summed E-state index contributed by atoms with van der Waals surface area (Å²) in [5.41, 5.74) is 1.27. The highest BCUT2D eigenvalue weighted by Gasteiger charge is 2.11. The van der Waals surface area contributed by atoms with E-state index >= 15 is 0 Å². The summed E-state index contributed by atoms with van der Waals surface area (Å²) in [5.74, 6) is 1.26. The second kappa shape index (κ2) is 7.04. The molecule has 0 radical (unpaired) electrons. The van der Waals surface area contributed by atoms with Crippen molar-refractivity contribution in [3.05, 3.63) is 43.9 Å². The molecule has 5 nitrogen and oxygen atoms in total. The molecule has 2 aromatic rings. The van der Waals surface area contributed by atoms with Crippen LogP contribution in [0.1, 0.15) is 19.5 Å². The normalized spacial score (nSPS) is 10.9. The van der Waals surface area contributed by atoms with E-state index < -0.39 is 0 Å². The monoisotopic (exact) mass is 400 g/mol. The molecule has 0 unspecified atom stereocenters. The molecule has 1 aromatic heterocycles. The summed E-state index contributed by atoms with van der Waals surface area (Å²) >= 11 is 1.98. The largest absolute Gasteiger partial charge is 0.491 e. The Kier molecular flexibility index (Phi) is 5.35. The Labute approximate surface area is 136 Å². The van der Waals surface area contributed by atoms with E-state index in [1.807, 2.05) is 60.7 Å². The van der Waals surface area contributed by atoms with Gasteiger partial charge in [0.25, 0.3) is 5.56 Å². The summed E-state index contributed by atoms with van der Waals surface area (Å²) in [5, 5.41) is 0. The Morgan fingerprint density at radius 1 is 1.38 bits per heavy atom. The molecular formula is C15H17IN2O3. The van der Waals surface area contributed by atoms with Gasteiger partial charge in [0.2, 0.25) is 0 Å². The first-order valence-corrected chi connectivity index (χ1v) is 7.64. The van der Waals surface area contributed by atoms with E-state index in [2.05, 4.69) is 9.97 Å². The Morgan fingerprint density at radius 3 is 2.81 bits per heavy atom. The molecule has 112 valence electrons. The lowest BCUT2D eigenvalue weighted by molar-refractivity contribution is 0.180. The van der Waals surface area contributed by atoms with Gasteiger partial charge in [-0.3, -0.25) is 4.79 Å². The van der Waals surface area contributed by atoms with Crippen LogP contribution in [0.15, 0.2) is 29.1 Å². The van der Waals surface area contributed by atoms with E-state index in [0.717, 1.165) is 11.3 Å². The highest BCUT2D eigenvalue weighted by molar-refractivity contribution is 14.1. The molecule has 0 atom stereocenters. The highest BCUT2D eigenvalue weighted by atomic mass is 127. The van der Waals surface area contributed by atoms with Crippen molar-refractivity contribution >= 4 is 22.6 Å². The van der Waals surface area contributed by atoms with Gasteiger partial charge in [0, 0.05) is 12.7 Å². The van der Waals surface area contributed by atoms with Crippen LogP contribution in [0.2, 0.25) is 0 Å². The number of ether oxygens (including phenoxy) is 2. The molecule has 0 aliphatic heterocycles. The van der Waals surface area contributed by atoms with Crippen LogP contribution in [-0.2, 0) is 11.3 Å². The molecule has 0 aliphatic rings. The van der Waals surface area contributed by atoms with Crippen molar-refractivity contribution < 1.29 is 9.47 Å². The molecule has 1 heterocycles. The summed E-state index contributed by atoms with van der Waals surface area (Å²) in [7, 11) is 1.58. The molecule has 6 heteroatoms. The minimum atomic E-state index is -0.164. The highest BCUT2D eigenvalue weighted by Crippen LogP contribution is 2.22. The SMILES string of the molecule is COCc1nc(-c2cccc(OC(C)C)c2)[nH]c(=O)c1I. The standard InChI is InChI=1S/C15H17IN2O3/c1-9(2)21-11-6-4-5-10(7-11)14-17-12(8-20-3)13(16)15(19)18-14/h4-7,9H,8H2,1-3H3,(H,17,18,19). The smallest absolute Gasteiger partial charge is 0.264 e. The zero-order valence-electron chi connectivity index (χ0n) is 12.1. The van der Waals surface area contributed by atoms with Gasteiger partial charge in [-0.1, -0.05) is 12.1 Å². The molecule has 0 saturated carbocycles. The van der Waals surface area contributed by atoms with Gasteiger partial charge in [0.05, 0.1) is 18.4 Å². The molecule has 1 aromatic carbocycles. The number of aromatic amines is 1. The van der Waals surface area contributed by atoms with Gasteiger partial charge >= 0.3 is 0 Å². The Hall–Kier alpha value is -1.41. The maximum atomic E-state index is 12.0. The summed E-state index contributed by atoms with van der Waals surface area (Å²) < 4.78 is 11.3. The van der Waals surface area contributed by atoms with Crippen LogP contribution in [-0.4, -0.2) is 23.2 Å². The summed E-state index contributed by atoms with van der Waals surface area (Å²) in [6.45, 7) is 4.24. The van der Waals surface area contributed by atoms with Crippen molar-refractivity contribution in [3.8, 4) is 17.1 Å². The van der Waals surface area contributed by atoms with Gasteiger partial charge in [-0.05, 0) is 48.6 Å². The maximum absolute atomic E-state index is 12.0. The number of halogens is 1. The number of nitrogens with one attached hydrogen (secondary N) is 1. The van der Waals surface area contributed by atoms with Gasteiger partial charge < -0.3 is 14.5 Å². The molecule has 0 aliphatic carbocycles. The predicted molar refractivity (Wildman–Crippen MR) is 89.5 cm³/mol. The Balaban J connectivity index is 2.44. The zero-order valence-corrected chi connectivity index (χ0v) is 14.3. The molecule has 21 heavy (non-hydrogen) atoms. The van der Waals surface area contributed by atoms with E-state index in [-0.39, 0.29) is 11.7 Å². The molecule has 0 amide bonds. The average Bonchev–Trinajstić information content (AvgIpc) is 2.43. The molecular weight excluding hydrogens is 383 g/mol. The number of nitrogens with zero attached hydrogens (tertiary/aromatic N) is 1. The maximum Gasteiger partial charge on any atom is 0.264 e. The number of methoxy groups -OCH3 is 1. The number of benzene rings is 1. The molecule has 0 saturated heterocycles. The van der Waals surface area contributed by atoms with Crippen LogP contribution in [0, 0.1) is 3.57 Å². The number of rotatable bonds is 5. The van der Waals surface area contributed by atoms with Crippen LogP contribution in [0.4, 0.5) is 0 Å². The van der Waals surface area contributed by atoms with Crippen LogP contribution < -0.4 is 10.3 Å². The number of hydrogen-bond acceptors (Lipinski definition) is 4. The van der Waals surface area contributed by atoms with E-state index in [0.29, 0.717) is 21.7 Å². The van der Waals surface area contributed by atoms with Crippen LogP contribution in [0.25, 0.3) is 11.4 Å². The lowest BCUT2D eigenvalue weighted by atomic mass is 10.2. The fourth-order valence-corrected chi connectivity index (χ4v) is 2.27. The average molecular weight is 400 g/mol. The van der Waals surface area contributed by atoms with E-state index in [4.69, 9.17) is 9.47 Å². The van der Waals surface area contributed by atoms with E-state index in [1.54, 1.807) is 7.11 Å². The first-order chi connectivity index (χ1) is 10.0. The van der Waals surface area contributed by atoms with Gasteiger partial charge in [-0.15, -0.1) is 0 Å². The fraction of sp³-hybridized carbons (Fsp3) is 0.333. The third kappa shape index (κ3) is 4.04. The van der Waals surface area contributed by atoms with Crippen molar-refractivity contribution in [1.29, 1.82) is 0 Å². The zero-order chi connectivity index (χ0) is 15.4. The van der Waals surface area contributed by atoms with Gasteiger partial charge in [0.15, 0.2) is 0 Å². The lowest BCUT2D eigenvalue weighted by Crippen LogP contribution is -2.16. The summed E-state index contributed by atoms with van der Waals surface area (Å²) in [6, 6.07) is 7.50. The minimum Gasteiger partial charge on any atom is -0.491 e. The lowest BCUT2D eigenvalue weighted by Gasteiger charge is -2.11. The van der Waals surface area contributed by atoms with E-state index in [1.165, 1.54) is 0 Å². The van der Waals surface area contributed by atoms with Gasteiger partial charge in [-0.2, -0.15) is 0 Å². The van der Waals surface area contributed by atoms with Crippen molar-refractivity contribution in [3.63, 3.8) is 0 Å².